The number of carbonyl (C=O) groups excluding carboxylic acids is 1. The number of hydrogen-bond donors (Lipinski definition) is 1. The quantitative estimate of drug-likeness (QED) is 0.846. The summed E-state index contributed by atoms with van der Waals surface area (Å²) in [6, 6.07) is 1.90. The number of nitrogens with zero attached hydrogens (tertiary/aromatic N) is 2. The van der Waals surface area contributed by atoms with Gasteiger partial charge in [-0.15, -0.1) is 11.3 Å². The number of hydrogen-bond acceptors (Lipinski definition) is 5. The molecule has 1 aliphatic heterocycles. The van der Waals surface area contributed by atoms with Gasteiger partial charge in [-0.2, -0.15) is 0 Å². The minimum Gasteiger partial charge on any atom is -0.495 e. The molecule has 1 aromatic rings. The maximum atomic E-state index is 12.4. The van der Waals surface area contributed by atoms with E-state index < -0.39 is 0 Å². The summed E-state index contributed by atoms with van der Waals surface area (Å²) < 4.78 is 5.21. The van der Waals surface area contributed by atoms with Gasteiger partial charge in [0.05, 0.1) is 18.1 Å². The molecule has 1 amide bonds. The molecule has 1 saturated heterocycles. The molecule has 1 unspecified atom stereocenters. The Balaban J connectivity index is 1.97. The zero-order valence-corrected chi connectivity index (χ0v) is 13.3. The van der Waals surface area contributed by atoms with Gasteiger partial charge in [-0.1, -0.05) is 12.2 Å². The second-order valence-electron chi connectivity index (χ2n) is 4.72. The van der Waals surface area contributed by atoms with Gasteiger partial charge in [-0.05, 0) is 18.4 Å². The average molecular weight is 313 g/mol. The van der Waals surface area contributed by atoms with Gasteiger partial charge >= 0.3 is 0 Å². The molecule has 1 atom stereocenters. The molecule has 2 N–H and O–H groups in total. The maximum absolute atomic E-state index is 12.4. The first-order valence-corrected chi connectivity index (χ1v) is 7.77. The summed E-state index contributed by atoms with van der Waals surface area (Å²) in [6.07, 6.45) is 0. The van der Waals surface area contributed by atoms with Crippen molar-refractivity contribution in [3.05, 3.63) is 16.3 Å². The third-order valence-corrected chi connectivity index (χ3v) is 4.83. The Morgan fingerprint density at radius 2 is 2.10 bits per heavy atom. The van der Waals surface area contributed by atoms with Crippen LogP contribution in [-0.4, -0.2) is 60.0 Å². The van der Waals surface area contributed by atoms with Crippen molar-refractivity contribution in [3.8, 4) is 5.75 Å². The fourth-order valence-electron chi connectivity index (χ4n) is 2.25. The van der Waals surface area contributed by atoms with Gasteiger partial charge in [0.1, 0.15) is 10.6 Å². The number of ether oxygens (including phenoxy) is 1. The summed E-state index contributed by atoms with van der Waals surface area (Å²) in [6.45, 7) is 4.96. The van der Waals surface area contributed by atoms with Crippen LogP contribution in [-0.2, 0) is 0 Å². The predicted octanol–water partition coefficient (Wildman–Crippen LogP) is 1.19. The van der Waals surface area contributed by atoms with E-state index in [4.69, 9.17) is 22.7 Å². The fraction of sp³-hybridized carbons (Fsp3) is 0.538. The molecular formula is C13H19N3O2S2. The third-order valence-electron chi connectivity index (χ3n) is 3.60. The van der Waals surface area contributed by atoms with Gasteiger partial charge in [0.2, 0.25) is 0 Å². The molecule has 1 aliphatic rings. The minimum absolute atomic E-state index is 0.0412. The van der Waals surface area contributed by atoms with E-state index in [1.54, 1.807) is 7.11 Å². The van der Waals surface area contributed by atoms with Gasteiger partial charge < -0.3 is 15.4 Å². The number of thiocarbonyl (C=S) groups is 1. The Bertz CT molecular complexity index is 496. The van der Waals surface area contributed by atoms with Crippen molar-refractivity contribution in [2.24, 2.45) is 5.73 Å². The van der Waals surface area contributed by atoms with E-state index in [1.807, 2.05) is 23.3 Å². The second-order valence-corrected chi connectivity index (χ2v) is 6.11. The lowest BCUT2D eigenvalue weighted by molar-refractivity contribution is 0.0623. The first-order valence-electron chi connectivity index (χ1n) is 6.48. The highest BCUT2D eigenvalue weighted by Crippen LogP contribution is 2.26. The van der Waals surface area contributed by atoms with Crippen LogP contribution in [0.4, 0.5) is 0 Å². The van der Waals surface area contributed by atoms with Crippen LogP contribution in [0.1, 0.15) is 16.6 Å². The molecule has 1 aromatic heterocycles. The molecule has 7 heteroatoms. The van der Waals surface area contributed by atoms with Crippen molar-refractivity contribution >= 4 is 34.5 Å². The Kier molecular flexibility index (Phi) is 4.95. The van der Waals surface area contributed by atoms with Crippen molar-refractivity contribution in [1.29, 1.82) is 0 Å². The molecule has 2 rings (SSSR count). The van der Waals surface area contributed by atoms with E-state index >= 15 is 0 Å². The fourth-order valence-corrected chi connectivity index (χ4v) is 3.22. The Hall–Kier alpha value is -1.18. The monoisotopic (exact) mass is 313 g/mol. The van der Waals surface area contributed by atoms with Crippen LogP contribution in [0.3, 0.4) is 0 Å². The van der Waals surface area contributed by atoms with E-state index in [1.165, 1.54) is 11.3 Å². The zero-order chi connectivity index (χ0) is 14.7. The van der Waals surface area contributed by atoms with Crippen LogP contribution < -0.4 is 10.5 Å². The number of methoxy groups -OCH3 is 1. The van der Waals surface area contributed by atoms with Crippen LogP contribution in [0.15, 0.2) is 11.4 Å². The van der Waals surface area contributed by atoms with Crippen molar-refractivity contribution in [2.45, 2.75) is 13.0 Å². The first kappa shape index (κ1) is 15.2. The van der Waals surface area contributed by atoms with Crippen LogP contribution in [0.2, 0.25) is 0 Å². The summed E-state index contributed by atoms with van der Waals surface area (Å²) in [5, 5.41) is 1.87. The highest BCUT2D eigenvalue weighted by Gasteiger charge is 2.27. The highest BCUT2D eigenvalue weighted by molar-refractivity contribution is 7.80. The van der Waals surface area contributed by atoms with Gasteiger partial charge in [-0.3, -0.25) is 9.69 Å². The molecule has 5 nitrogen and oxygen atoms in total. The molecule has 2 heterocycles. The second kappa shape index (κ2) is 6.51. The Labute approximate surface area is 128 Å². The lowest BCUT2D eigenvalue weighted by Gasteiger charge is -2.37. The molecule has 110 valence electrons. The number of nitrogens with two attached hydrogens (primary N) is 1. The Morgan fingerprint density at radius 3 is 2.65 bits per heavy atom. The molecular weight excluding hydrogens is 294 g/mol. The van der Waals surface area contributed by atoms with Crippen molar-refractivity contribution < 1.29 is 9.53 Å². The van der Waals surface area contributed by atoms with Crippen LogP contribution in [0.25, 0.3) is 0 Å². The summed E-state index contributed by atoms with van der Waals surface area (Å²) in [7, 11) is 1.58. The third kappa shape index (κ3) is 3.11. The van der Waals surface area contributed by atoms with Crippen molar-refractivity contribution in [3.63, 3.8) is 0 Å². The van der Waals surface area contributed by atoms with E-state index in [9.17, 15) is 4.79 Å². The van der Waals surface area contributed by atoms with Gasteiger partial charge in [0.15, 0.2) is 0 Å². The van der Waals surface area contributed by atoms with Gasteiger partial charge in [0, 0.05) is 26.2 Å². The largest absolute Gasteiger partial charge is 0.495 e. The topological polar surface area (TPSA) is 58.8 Å². The first-order chi connectivity index (χ1) is 9.54. The van der Waals surface area contributed by atoms with E-state index in [2.05, 4.69) is 4.90 Å². The summed E-state index contributed by atoms with van der Waals surface area (Å²) in [5.41, 5.74) is 5.67. The van der Waals surface area contributed by atoms with E-state index in [0.717, 1.165) is 13.1 Å². The lowest BCUT2D eigenvalue weighted by atomic mass is 10.2. The van der Waals surface area contributed by atoms with Crippen molar-refractivity contribution in [1.82, 2.24) is 9.80 Å². The van der Waals surface area contributed by atoms with E-state index in [0.29, 0.717) is 28.7 Å². The summed E-state index contributed by atoms with van der Waals surface area (Å²) in [5.74, 6) is 0.693. The predicted molar refractivity (Wildman–Crippen MR) is 84.6 cm³/mol. The summed E-state index contributed by atoms with van der Waals surface area (Å²) >= 11 is 6.44. The van der Waals surface area contributed by atoms with Crippen molar-refractivity contribution in [2.75, 3.05) is 33.3 Å². The molecule has 0 radical (unpaired) electrons. The van der Waals surface area contributed by atoms with Gasteiger partial charge in [-0.25, -0.2) is 0 Å². The van der Waals surface area contributed by atoms with E-state index in [-0.39, 0.29) is 11.9 Å². The molecule has 0 bridgehead atoms. The zero-order valence-electron chi connectivity index (χ0n) is 11.7. The minimum atomic E-state index is 0.0412. The summed E-state index contributed by atoms with van der Waals surface area (Å²) in [4.78, 5) is 17.7. The maximum Gasteiger partial charge on any atom is 0.267 e. The molecule has 20 heavy (non-hydrogen) atoms. The van der Waals surface area contributed by atoms with Crippen LogP contribution >= 0.6 is 23.6 Å². The average Bonchev–Trinajstić information content (AvgIpc) is 2.94. The molecule has 1 fully saturated rings. The highest BCUT2D eigenvalue weighted by atomic mass is 32.1. The SMILES string of the molecule is COc1ccsc1C(=O)N1CCN(C(C)C(N)=S)CC1. The van der Waals surface area contributed by atoms with Gasteiger partial charge in [0.25, 0.3) is 5.91 Å². The van der Waals surface area contributed by atoms with Crippen LogP contribution in [0, 0.1) is 0 Å². The molecule has 0 saturated carbocycles. The number of thiophene rings is 1. The van der Waals surface area contributed by atoms with Crippen LogP contribution in [0.5, 0.6) is 5.75 Å². The molecule has 0 aromatic carbocycles. The smallest absolute Gasteiger partial charge is 0.267 e. The number of carbonyl (C=O) groups is 1. The molecule has 0 spiro atoms. The standard InChI is InChI=1S/C13H19N3O2S2/c1-9(12(14)19)15-4-6-16(7-5-15)13(17)11-10(18-2)3-8-20-11/h3,8-9H,4-7H2,1-2H3,(H2,14,19). The number of amides is 1. The lowest BCUT2D eigenvalue weighted by Crippen LogP contribution is -2.53. The normalized spacial score (nSPS) is 17.8. The molecule has 0 aliphatic carbocycles. The number of piperazine rings is 1. The number of rotatable bonds is 4. The Morgan fingerprint density at radius 1 is 1.45 bits per heavy atom.